The van der Waals surface area contributed by atoms with Gasteiger partial charge >= 0.3 is 5.97 Å². The standard InChI is InChI=1S/C18H36O2/c1-10-11-12-14(2)20-15(19)18(9,17(6,7)8)13-16(3,4)5/h14H,10-13H2,1-9H3. The van der Waals surface area contributed by atoms with Gasteiger partial charge in [0.05, 0.1) is 11.5 Å². The van der Waals surface area contributed by atoms with Gasteiger partial charge in [0.1, 0.15) is 0 Å². The maximum absolute atomic E-state index is 12.7. The molecule has 20 heavy (non-hydrogen) atoms. The van der Waals surface area contributed by atoms with E-state index in [0.717, 1.165) is 25.7 Å². The van der Waals surface area contributed by atoms with Crippen LogP contribution in [0.15, 0.2) is 0 Å². The van der Waals surface area contributed by atoms with E-state index in [0.29, 0.717) is 0 Å². The number of unbranched alkanes of at least 4 members (excludes halogenated alkanes) is 1. The third-order valence-corrected chi connectivity index (χ3v) is 4.26. The van der Waals surface area contributed by atoms with Gasteiger partial charge in [0, 0.05) is 0 Å². The fraction of sp³-hybridized carbons (Fsp3) is 0.944. The minimum Gasteiger partial charge on any atom is -0.462 e. The lowest BCUT2D eigenvalue weighted by Crippen LogP contribution is -2.45. The summed E-state index contributed by atoms with van der Waals surface area (Å²) in [5.74, 6) is -0.0384. The molecule has 0 saturated heterocycles. The number of hydrogen-bond acceptors (Lipinski definition) is 2. The highest BCUT2D eigenvalue weighted by Crippen LogP contribution is 2.47. The predicted molar refractivity (Wildman–Crippen MR) is 86.7 cm³/mol. The van der Waals surface area contributed by atoms with E-state index in [1.165, 1.54) is 0 Å². The molecule has 0 aromatic rings. The van der Waals surface area contributed by atoms with Gasteiger partial charge in [-0.3, -0.25) is 4.79 Å². The minimum absolute atomic E-state index is 0.0177. The zero-order valence-electron chi connectivity index (χ0n) is 15.2. The fourth-order valence-corrected chi connectivity index (χ4v) is 2.57. The van der Waals surface area contributed by atoms with Crippen molar-refractivity contribution in [2.45, 2.75) is 94.1 Å². The summed E-state index contributed by atoms with van der Waals surface area (Å²) in [4.78, 5) is 12.7. The highest BCUT2D eigenvalue weighted by molar-refractivity contribution is 5.77. The summed E-state index contributed by atoms with van der Waals surface area (Å²) >= 11 is 0. The van der Waals surface area contributed by atoms with Crippen LogP contribution in [0.4, 0.5) is 0 Å². The van der Waals surface area contributed by atoms with Gasteiger partial charge < -0.3 is 4.74 Å². The molecule has 0 rings (SSSR count). The largest absolute Gasteiger partial charge is 0.462 e. The lowest BCUT2D eigenvalue weighted by Gasteiger charge is -2.43. The first-order valence-corrected chi connectivity index (χ1v) is 8.04. The number of esters is 1. The van der Waals surface area contributed by atoms with Gasteiger partial charge in [0.25, 0.3) is 0 Å². The van der Waals surface area contributed by atoms with Gasteiger partial charge in [-0.1, -0.05) is 61.3 Å². The summed E-state index contributed by atoms with van der Waals surface area (Å²) in [6.45, 7) is 19.2. The smallest absolute Gasteiger partial charge is 0.312 e. The van der Waals surface area contributed by atoms with Gasteiger partial charge in [-0.2, -0.15) is 0 Å². The highest BCUT2D eigenvalue weighted by Gasteiger charge is 2.48. The molecule has 2 nitrogen and oxygen atoms in total. The number of ether oxygens (including phenoxy) is 1. The number of hydrogen-bond donors (Lipinski definition) is 0. The zero-order valence-corrected chi connectivity index (χ0v) is 15.2. The van der Waals surface area contributed by atoms with Crippen molar-refractivity contribution in [3.63, 3.8) is 0 Å². The van der Waals surface area contributed by atoms with Crippen LogP contribution >= 0.6 is 0 Å². The first-order valence-electron chi connectivity index (χ1n) is 8.04. The summed E-state index contributed by atoms with van der Waals surface area (Å²) in [5, 5.41) is 0. The first-order chi connectivity index (χ1) is 8.83. The molecular weight excluding hydrogens is 248 g/mol. The van der Waals surface area contributed by atoms with Gasteiger partial charge in [-0.05, 0) is 37.5 Å². The van der Waals surface area contributed by atoms with Crippen LogP contribution in [0, 0.1) is 16.2 Å². The third-order valence-electron chi connectivity index (χ3n) is 4.26. The number of carbonyl (C=O) groups is 1. The van der Waals surface area contributed by atoms with Crippen molar-refractivity contribution in [3.05, 3.63) is 0 Å². The second-order valence-corrected chi connectivity index (χ2v) is 8.68. The van der Waals surface area contributed by atoms with Crippen LogP contribution in [0.25, 0.3) is 0 Å². The fourth-order valence-electron chi connectivity index (χ4n) is 2.57. The molecule has 0 bridgehead atoms. The van der Waals surface area contributed by atoms with E-state index in [2.05, 4.69) is 55.4 Å². The van der Waals surface area contributed by atoms with E-state index in [1.807, 2.05) is 6.92 Å². The molecule has 0 aromatic heterocycles. The molecule has 0 heterocycles. The van der Waals surface area contributed by atoms with Crippen LogP contribution in [0.3, 0.4) is 0 Å². The quantitative estimate of drug-likeness (QED) is 0.594. The Kier molecular flexibility index (Phi) is 6.77. The maximum Gasteiger partial charge on any atom is 0.312 e. The normalized spacial score (nSPS) is 17.4. The van der Waals surface area contributed by atoms with Crippen LogP contribution in [0.5, 0.6) is 0 Å². The van der Waals surface area contributed by atoms with Crippen molar-refractivity contribution >= 4 is 5.97 Å². The molecule has 2 unspecified atom stereocenters. The molecule has 0 N–H and O–H groups in total. The van der Waals surface area contributed by atoms with Gasteiger partial charge in [-0.25, -0.2) is 0 Å². The second-order valence-electron chi connectivity index (χ2n) is 8.68. The van der Waals surface area contributed by atoms with Crippen molar-refractivity contribution in [2.24, 2.45) is 16.2 Å². The average molecular weight is 284 g/mol. The van der Waals surface area contributed by atoms with Crippen molar-refractivity contribution in [3.8, 4) is 0 Å². The molecule has 120 valence electrons. The molecule has 2 atom stereocenters. The summed E-state index contributed by atoms with van der Waals surface area (Å²) in [6, 6.07) is 0. The van der Waals surface area contributed by atoms with Crippen molar-refractivity contribution in [1.82, 2.24) is 0 Å². The van der Waals surface area contributed by atoms with E-state index >= 15 is 0 Å². The van der Waals surface area contributed by atoms with Crippen molar-refractivity contribution in [1.29, 1.82) is 0 Å². The lowest BCUT2D eigenvalue weighted by molar-refractivity contribution is -0.170. The maximum atomic E-state index is 12.7. The molecule has 0 aromatic carbocycles. The topological polar surface area (TPSA) is 26.3 Å². The number of carbonyl (C=O) groups excluding carboxylic acids is 1. The predicted octanol–water partition coefficient (Wildman–Crippen LogP) is 5.60. The Balaban J connectivity index is 5.01. The SMILES string of the molecule is CCCCC(C)OC(=O)C(C)(CC(C)(C)C)C(C)(C)C. The van der Waals surface area contributed by atoms with E-state index < -0.39 is 5.41 Å². The Morgan fingerprint density at radius 1 is 1.05 bits per heavy atom. The zero-order chi connectivity index (χ0) is 16.2. The molecule has 0 aliphatic carbocycles. The summed E-state index contributed by atoms with van der Waals surface area (Å²) in [5.41, 5.74) is -0.457. The molecule has 0 saturated carbocycles. The van der Waals surface area contributed by atoms with Gasteiger partial charge in [-0.15, -0.1) is 0 Å². The number of rotatable bonds is 6. The summed E-state index contributed by atoms with van der Waals surface area (Å²) < 4.78 is 5.75. The van der Waals surface area contributed by atoms with Gasteiger partial charge in [0.15, 0.2) is 0 Å². The Morgan fingerprint density at radius 2 is 1.55 bits per heavy atom. The van der Waals surface area contributed by atoms with Crippen LogP contribution in [-0.2, 0) is 9.53 Å². The van der Waals surface area contributed by atoms with E-state index in [4.69, 9.17) is 4.74 Å². The molecule has 0 amide bonds. The molecular formula is C18H36O2. The molecule has 0 aliphatic heterocycles. The van der Waals surface area contributed by atoms with Crippen LogP contribution in [0.1, 0.15) is 88.0 Å². The Hall–Kier alpha value is -0.530. The molecule has 0 fully saturated rings. The second kappa shape index (κ2) is 6.95. The van der Waals surface area contributed by atoms with Crippen LogP contribution < -0.4 is 0 Å². The minimum atomic E-state index is -0.453. The van der Waals surface area contributed by atoms with Crippen molar-refractivity contribution < 1.29 is 9.53 Å². The lowest BCUT2D eigenvalue weighted by atomic mass is 9.61. The van der Waals surface area contributed by atoms with E-state index in [9.17, 15) is 4.79 Å². The van der Waals surface area contributed by atoms with E-state index in [-0.39, 0.29) is 22.9 Å². The van der Waals surface area contributed by atoms with Crippen LogP contribution in [0.2, 0.25) is 0 Å². The monoisotopic (exact) mass is 284 g/mol. The van der Waals surface area contributed by atoms with Crippen molar-refractivity contribution in [2.75, 3.05) is 0 Å². The van der Waals surface area contributed by atoms with Gasteiger partial charge in [0.2, 0.25) is 0 Å². The highest BCUT2D eigenvalue weighted by atomic mass is 16.5. The molecule has 0 radical (unpaired) electrons. The molecule has 0 spiro atoms. The first kappa shape index (κ1) is 19.5. The molecule has 2 heteroatoms. The summed E-state index contributed by atoms with van der Waals surface area (Å²) in [6.07, 6.45) is 4.06. The Morgan fingerprint density at radius 3 is 1.90 bits per heavy atom. The summed E-state index contributed by atoms with van der Waals surface area (Å²) in [7, 11) is 0. The third kappa shape index (κ3) is 5.85. The Bertz CT molecular complexity index is 306. The average Bonchev–Trinajstić information content (AvgIpc) is 2.22. The molecule has 0 aliphatic rings. The Labute approximate surface area is 126 Å². The van der Waals surface area contributed by atoms with Crippen LogP contribution in [-0.4, -0.2) is 12.1 Å². The van der Waals surface area contributed by atoms with E-state index in [1.54, 1.807) is 0 Å².